The summed E-state index contributed by atoms with van der Waals surface area (Å²) in [6.07, 6.45) is 0. The number of hydrogen-bond acceptors (Lipinski definition) is 5. The second-order valence-corrected chi connectivity index (χ2v) is 5.19. The number of aliphatic carboxylic acids is 1. The van der Waals surface area contributed by atoms with Gasteiger partial charge in [0.2, 0.25) is 0 Å². The SMILES string of the molecule is Cc1nc(-c2cccc(C#N)c2)sc1COCC(=O)O. The largest absolute Gasteiger partial charge is 0.480 e. The summed E-state index contributed by atoms with van der Waals surface area (Å²) >= 11 is 1.44. The van der Waals surface area contributed by atoms with Gasteiger partial charge < -0.3 is 9.84 Å². The van der Waals surface area contributed by atoms with Crippen LogP contribution in [0.15, 0.2) is 24.3 Å². The van der Waals surface area contributed by atoms with Gasteiger partial charge in [-0.1, -0.05) is 12.1 Å². The first kappa shape index (κ1) is 14.2. The van der Waals surface area contributed by atoms with Gasteiger partial charge in [-0.2, -0.15) is 5.26 Å². The quantitative estimate of drug-likeness (QED) is 0.914. The normalized spacial score (nSPS) is 10.2. The molecule has 0 spiro atoms. The van der Waals surface area contributed by atoms with Crippen molar-refractivity contribution in [2.24, 2.45) is 0 Å². The smallest absolute Gasteiger partial charge is 0.329 e. The molecule has 5 nitrogen and oxygen atoms in total. The summed E-state index contributed by atoms with van der Waals surface area (Å²) in [6, 6.07) is 9.31. The maximum absolute atomic E-state index is 10.4. The lowest BCUT2D eigenvalue weighted by molar-refractivity contribution is -0.142. The van der Waals surface area contributed by atoms with Crippen LogP contribution < -0.4 is 0 Å². The lowest BCUT2D eigenvalue weighted by atomic mass is 10.1. The molecule has 1 N–H and O–H groups in total. The molecule has 0 aliphatic heterocycles. The molecule has 0 radical (unpaired) electrons. The molecule has 2 aromatic rings. The van der Waals surface area contributed by atoms with Crippen LogP contribution in [0.4, 0.5) is 0 Å². The molecule has 0 bridgehead atoms. The van der Waals surface area contributed by atoms with Crippen molar-refractivity contribution in [3.8, 4) is 16.6 Å². The molecule has 0 aliphatic carbocycles. The average Bonchev–Trinajstić information content (AvgIpc) is 2.80. The molecule has 20 heavy (non-hydrogen) atoms. The molecule has 2 rings (SSSR count). The number of ether oxygens (including phenoxy) is 1. The highest BCUT2D eigenvalue weighted by Gasteiger charge is 2.10. The number of rotatable bonds is 5. The molecule has 0 atom stereocenters. The van der Waals surface area contributed by atoms with Gasteiger partial charge in [-0.15, -0.1) is 11.3 Å². The van der Waals surface area contributed by atoms with Crippen LogP contribution in [0.3, 0.4) is 0 Å². The van der Waals surface area contributed by atoms with E-state index in [-0.39, 0.29) is 13.2 Å². The lowest BCUT2D eigenvalue weighted by Gasteiger charge is -1.98. The summed E-state index contributed by atoms with van der Waals surface area (Å²) in [5.41, 5.74) is 2.28. The fourth-order valence-corrected chi connectivity index (χ4v) is 2.63. The molecule has 0 amide bonds. The molecule has 0 saturated carbocycles. The number of aryl methyl sites for hydroxylation is 1. The fourth-order valence-electron chi connectivity index (χ4n) is 1.64. The first-order valence-corrected chi connectivity index (χ1v) is 6.68. The van der Waals surface area contributed by atoms with Crippen LogP contribution in [-0.4, -0.2) is 22.7 Å². The Morgan fingerprint density at radius 1 is 1.55 bits per heavy atom. The van der Waals surface area contributed by atoms with Gasteiger partial charge in [0.05, 0.1) is 28.8 Å². The van der Waals surface area contributed by atoms with E-state index in [1.54, 1.807) is 12.1 Å². The average molecular weight is 288 g/mol. The van der Waals surface area contributed by atoms with Crippen LogP contribution in [0.25, 0.3) is 10.6 Å². The molecule has 1 aromatic carbocycles. The van der Waals surface area contributed by atoms with Gasteiger partial charge in [-0.05, 0) is 19.1 Å². The van der Waals surface area contributed by atoms with Gasteiger partial charge in [-0.25, -0.2) is 9.78 Å². The van der Waals surface area contributed by atoms with Gasteiger partial charge >= 0.3 is 5.97 Å². The monoisotopic (exact) mass is 288 g/mol. The molecule has 0 saturated heterocycles. The molecule has 102 valence electrons. The Morgan fingerprint density at radius 2 is 2.35 bits per heavy atom. The number of hydrogen-bond donors (Lipinski definition) is 1. The Bertz CT molecular complexity index is 673. The van der Waals surface area contributed by atoms with Crippen LogP contribution in [-0.2, 0) is 16.1 Å². The Kier molecular flexibility index (Phi) is 4.45. The Morgan fingerprint density at radius 3 is 3.05 bits per heavy atom. The van der Waals surface area contributed by atoms with Crippen molar-refractivity contribution in [2.75, 3.05) is 6.61 Å². The number of thiazole rings is 1. The van der Waals surface area contributed by atoms with Crippen LogP contribution in [0.5, 0.6) is 0 Å². The number of nitriles is 1. The number of carbonyl (C=O) groups is 1. The number of nitrogens with zero attached hydrogens (tertiary/aromatic N) is 2. The minimum atomic E-state index is -0.992. The molecule has 6 heteroatoms. The van der Waals surface area contributed by atoms with E-state index in [0.717, 1.165) is 21.1 Å². The first-order chi connectivity index (χ1) is 9.60. The third kappa shape index (κ3) is 3.41. The minimum absolute atomic E-state index is 0.230. The van der Waals surface area contributed by atoms with Gasteiger partial charge in [-0.3, -0.25) is 0 Å². The zero-order chi connectivity index (χ0) is 14.5. The highest BCUT2D eigenvalue weighted by Crippen LogP contribution is 2.28. The molecule has 0 aliphatic rings. The Labute approximate surface area is 120 Å². The third-order valence-electron chi connectivity index (χ3n) is 2.59. The molecular formula is C14H12N2O3S. The second kappa shape index (κ2) is 6.28. The van der Waals surface area contributed by atoms with Crippen molar-refractivity contribution < 1.29 is 14.6 Å². The number of carboxylic acid groups (broad SMARTS) is 1. The minimum Gasteiger partial charge on any atom is -0.480 e. The first-order valence-electron chi connectivity index (χ1n) is 5.86. The number of benzene rings is 1. The summed E-state index contributed by atoms with van der Waals surface area (Å²) in [6.45, 7) is 1.76. The molecule has 0 fully saturated rings. The van der Waals surface area contributed by atoms with Crippen LogP contribution in [0.1, 0.15) is 16.1 Å². The topological polar surface area (TPSA) is 83.2 Å². The van der Waals surface area contributed by atoms with E-state index >= 15 is 0 Å². The van der Waals surface area contributed by atoms with Crippen molar-refractivity contribution >= 4 is 17.3 Å². The van der Waals surface area contributed by atoms with Crippen molar-refractivity contribution in [3.63, 3.8) is 0 Å². The summed E-state index contributed by atoms with van der Waals surface area (Å²) in [4.78, 5) is 15.7. The highest BCUT2D eigenvalue weighted by molar-refractivity contribution is 7.15. The van der Waals surface area contributed by atoms with Crippen LogP contribution in [0.2, 0.25) is 0 Å². The van der Waals surface area contributed by atoms with Crippen LogP contribution >= 0.6 is 11.3 Å². The standard InChI is InChI=1S/C14H12N2O3S/c1-9-12(7-19-8-13(17)18)20-14(16-9)11-4-2-3-10(5-11)6-15/h2-5H,7-8H2,1H3,(H,17,18). The van der Waals surface area contributed by atoms with Gasteiger partial charge in [0, 0.05) is 5.56 Å². The maximum atomic E-state index is 10.4. The van der Waals surface area contributed by atoms with Gasteiger partial charge in [0.1, 0.15) is 11.6 Å². The van der Waals surface area contributed by atoms with Crippen molar-refractivity contribution in [2.45, 2.75) is 13.5 Å². The van der Waals surface area contributed by atoms with Gasteiger partial charge in [0.15, 0.2) is 0 Å². The number of aromatic nitrogens is 1. The zero-order valence-corrected chi connectivity index (χ0v) is 11.6. The summed E-state index contributed by atoms with van der Waals surface area (Å²) < 4.78 is 5.07. The Hall–Kier alpha value is -2.23. The predicted octanol–water partition coefficient (Wildman–Crippen LogP) is 2.59. The van der Waals surface area contributed by atoms with Crippen molar-refractivity contribution in [1.29, 1.82) is 5.26 Å². The predicted molar refractivity (Wildman–Crippen MR) is 74.3 cm³/mol. The summed E-state index contributed by atoms with van der Waals surface area (Å²) in [7, 11) is 0. The van der Waals surface area contributed by atoms with E-state index in [2.05, 4.69) is 11.1 Å². The Balaban J connectivity index is 2.18. The third-order valence-corrected chi connectivity index (χ3v) is 3.77. The van der Waals surface area contributed by atoms with E-state index in [0.29, 0.717) is 5.56 Å². The molecule has 1 aromatic heterocycles. The molecular weight excluding hydrogens is 276 g/mol. The number of carboxylic acids is 1. The van der Waals surface area contributed by atoms with E-state index in [9.17, 15) is 4.79 Å². The fraction of sp³-hybridized carbons (Fsp3) is 0.214. The van der Waals surface area contributed by atoms with Gasteiger partial charge in [0.25, 0.3) is 0 Å². The van der Waals surface area contributed by atoms with E-state index < -0.39 is 5.97 Å². The van der Waals surface area contributed by atoms with E-state index in [1.165, 1.54) is 11.3 Å². The zero-order valence-electron chi connectivity index (χ0n) is 10.8. The molecule has 0 unspecified atom stereocenters. The van der Waals surface area contributed by atoms with Crippen LogP contribution in [0, 0.1) is 18.3 Å². The van der Waals surface area contributed by atoms with Crippen molar-refractivity contribution in [3.05, 3.63) is 40.4 Å². The highest BCUT2D eigenvalue weighted by atomic mass is 32.1. The summed E-state index contributed by atoms with van der Waals surface area (Å²) in [5, 5.41) is 18.2. The summed E-state index contributed by atoms with van der Waals surface area (Å²) in [5.74, 6) is -0.992. The molecule has 1 heterocycles. The van der Waals surface area contributed by atoms with E-state index in [1.807, 2.05) is 19.1 Å². The van der Waals surface area contributed by atoms with E-state index in [4.69, 9.17) is 15.1 Å². The lowest BCUT2D eigenvalue weighted by Crippen LogP contribution is -2.06. The van der Waals surface area contributed by atoms with Crippen molar-refractivity contribution in [1.82, 2.24) is 4.98 Å². The second-order valence-electron chi connectivity index (χ2n) is 4.11. The maximum Gasteiger partial charge on any atom is 0.329 e.